The molecule has 88 valence electrons. The Hall–Kier alpha value is -0.0900. The molecule has 1 unspecified atom stereocenters. The van der Waals surface area contributed by atoms with E-state index in [0.29, 0.717) is 0 Å². The first-order valence-corrected chi connectivity index (χ1v) is 7.40. The number of hydrogen-bond acceptors (Lipinski definition) is 1. The minimum Gasteiger partial charge on any atom is -0.314 e. The summed E-state index contributed by atoms with van der Waals surface area (Å²) in [6.45, 7) is 1.22. The molecule has 1 aliphatic rings. The van der Waals surface area contributed by atoms with Gasteiger partial charge in [0.1, 0.15) is 0 Å². The predicted molar refractivity (Wildman–Crippen MR) is 77.7 cm³/mol. The van der Waals surface area contributed by atoms with E-state index in [1.807, 2.05) is 0 Å². The van der Waals surface area contributed by atoms with Crippen molar-refractivity contribution in [2.45, 2.75) is 44.6 Å². The van der Waals surface area contributed by atoms with Crippen molar-refractivity contribution in [3.05, 3.63) is 33.4 Å². The number of halogens is 1. The highest BCUT2D eigenvalue weighted by molar-refractivity contribution is 14.1. The van der Waals surface area contributed by atoms with Gasteiger partial charge in [0, 0.05) is 9.61 Å². The lowest BCUT2D eigenvalue weighted by molar-refractivity contribution is 0.478. The van der Waals surface area contributed by atoms with E-state index in [9.17, 15) is 0 Å². The molecule has 0 bridgehead atoms. The van der Waals surface area contributed by atoms with E-state index in [2.05, 4.69) is 52.2 Å². The zero-order chi connectivity index (χ0) is 11.2. The Kier molecular flexibility index (Phi) is 5.10. The van der Waals surface area contributed by atoms with Gasteiger partial charge in [0.25, 0.3) is 0 Å². The first kappa shape index (κ1) is 12.4. The Labute approximate surface area is 112 Å². The number of rotatable bonds is 3. The van der Waals surface area contributed by atoms with Crippen LogP contribution < -0.4 is 5.32 Å². The molecular weight excluding hydrogens is 309 g/mol. The fourth-order valence-corrected chi connectivity index (χ4v) is 2.70. The molecule has 2 heteroatoms. The van der Waals surface area contributed by atoms with Gasteiger partial charge in [-0.05, 0) is 72.5 Å². The summed E-state index contributed by atoms with van der Waals surface area (Å²) < 4.78 is 1.33. The van der Waals surface area contributed by atoms with Crippen LogP contribution >= 0.6 is 22.6 Å². The van der Waals surface area contributed by atoms with E-state index in [4.69, 9.17) is 0 Å². The maximum Gasteiger partial charge on any atom is 0.0130 e. The minimum absolute atomic E-state index is 0.752. The summed E-state index contributed by atoms with van der Waals surface area (Å²) in [5, 5.41) is 3.66. The molecule has 1 N–H and O–H groups in total. The van der Waals surface area contributed by atoms with E-state index in [-0.39, 0.29) is 0 Å². The lowest BCUT2D eigenvalue weighted by atomic mass is 10.0. The topological polar surface area (TPSA) is 12.0 Å². The summed E-state index contributed by atoms with van der Waals surface area (Å²) >= 11 is 2.36. The Morgan fingerprint density at radius 2 is 1.94 bits per heavy atom. The maximum atomic E-state index is 3.66. The summed E-state index contributed by atoms with van der Waals surface area (Å²) in [4.78, 5) is 0. The Balaban J connectivity index is 1.79. The lowest BCUT2D eigenvalue weighted by Gasteiger charge is -2.15. The molecule has 0 amide bonds. The van der Waals surface area contributed by atoms with Crippen LogP contribution in [-0.2, 0) is 6.42 Å². The third-order valence-electron chi connectivity index (χ3n) is 3.36. The highest BCUT2D eigenvalue weighted by atomic mass is 127. The van der Waals surface area contributed by atoms with Crippen LogP contribution in [0.4, 0.5) is 0 Å². The van der Waals surface area contributed by atoms with E-state index < -0.39 is 0 Å². The van der Waals surface area contributed by atoms with Crippen molar-refractivity contribution >= 4 is 22.6 Å². The molecule has 1 nitrogen and oxygen atoms in total. The van der Waals surface area contributed by atoms with Gasteiger partial charge in [0.2, 0.25) is 0 Å². The van der Waals surface area contributed by atoms with Crippen LogP contribution in [0.3, 0.4) is 0 Å². The highest BCUT2D eigenvalue weighted by Gasteiger charge is 2.10. The molecule has 1 aromatic rings. The summed E-state index contributed by atoms with van der Waals surface area (Å²) in [5.41, 5.74) is 1.48. The summed E-state index contributed by atoms with van der Waals surface area (Å²) in [5.74, 6) is 0. The second-order valence-electron chi connectivity index (χ2n) is 4.67. The van der Waals surface area contributed by atoms with Gasteiger partial charge in [0.15, 0.2) is 0 Å². The quantitative estimate of drug-likeness (QED) is 0.833. The van der Waals surface area contributed by atoms with Gasteiger partial charge in [-0.1, -0.05) is 25.0 Å². The molecule has 2 rings (SSSR count). The summed E-state index contributed by atoms with van der Waals surface area (Å²) in [6.07, 6.45) is 8.05. The molecule has 0 aliphatic carbocycles. The van der Waals surface area contributed by atoms with E-state index in [1.54, 1.807) is 0 Å². The molecule has 0 radical (unpaired) electrons. The van der Waals surface area contributed by atoms with Crippen LogP contribution in [0, 0.1) is 3.57 Å². The van der Waals surface area contributed by atoms with Crippen LogP contribution in [0.15, 0.2) is 24.3 Å². The molecule has 0 aromatic heterocycles. The Morgan fingerprint density at radius 1 is 1.12 bits per heavy atom. The van der Waals surface area contributed by atoms with Crippen LogP contribution in [0.5, 0.6) is 0 Å². The Bertz CT molecular complexity index is 299. The molecular formula is C14H20IN. The SMILES string of the molecule is Ic1ccc(CCC2CCCCCN2)cc1. The predicted octanol–water partition coefficient (Wildman–Crippen LogP) is 3.76. The van der Waals surface area contributed by atoms with Crippen molar-refractivity contribution in [2.75, 3.05) is 6.54 Å². The van der Waals surface area contributed by atoms with E-state index in [0.717, 1.165) is 6.04 Å². The molecule has 0 saturated carbocycles. The van der Waals surface area contributed by atoms with E-state index in [1.165, 1.54) is 54.2 Å². The zero-order valence-electron chi connectivity index (χ0n) is 9.71. The van der Waals surface area contributed by atoms with Gasteiger partial charge < -0.3 is 5.32 Å². The molecule has 1 heterocycles. The van der Waals surface area contributed by atoms with Crippen LogP contribution in [-0.4, -0.2) is 12.6 Å². The van der Waals surface area contributed by atoms with E-state index >= 15 is 0 Å². The van der Waals surface area contributed by atoms with Gasteiger partial charge in [-0.2, -0.15) is 0 Å². The second kappa shape index (κ2) is 6.60. The van der Waals surface area contributed by atoms with Crippen LogP contribution in [0.1, 0.15) is 37.7 Å². The standard InChI is InChI=1S/C14H20IN/c15-13-8-5-12(6-9-13)7-10-14-4-2-1-3-11-16-14/h5-6,8-9,14,16H,1-4,7,10-11H2. The van der Waals surface area contributed by atoms with Gasteiger partial charge >= 0.3 is 0 Å². The fraction of sp³-hybridized carbons (Fsp3) is 0.571. The average molecular weight is 329 g/mol. The van der Waals surface area contributed by atoms with Gasteiger partial charge in [0.05, 0.1) is 0 Å². The zero-order valence-corrected chi connectivity index (χ0v) is 11.9. The molecule has 16 heavy (non-hydrogen) atoms. The van der Waals surface area contributed by atoms with Crippen molar-refractivity contribution < 1.29 is 0 Å². The average Bonchev–Trinajstić information content (AvgIpc) is 2.57. The molecule has 0 spiro atoms. The molecule has 1 aromatic carbocycles. The second-order valence-corrected chi connectivity index (χ2v) is 5.91. The number of hydrogen-bond donors (Lipinski definition) is 1. The molecule has 1 saturated heterocycles. The first-order chi connectivity index (χ1) is 7.84. The van der Waals surface area contributed by atoms with Gasteiger partial charge in [-0.15, -0.1) is 0 Å². The van der Waals surface area contributed by atoms with Crippen molar-refractivity contribution in [1.29, 1.82) is 0 Å². The molecule has 1 atom stereocenters. The third kappa shape index (κ3) is 4.06. The minimum atomic E-state index is 0.752. The normalized spacial score (nSPS) is 21.7. The van der Waals surface area contributed by atoms with Crippen LogP contribution in [0.2, 0.25) is 0 Å². The summed E-state index contributed by atoms with van der Waals surface area (Å²) in [7, 11) is 0. The Morgan fingerprint density at radius 3 is 2.75 bits per heavy atom. The highest BCUT2D eigenvalue weighted by Crippen LogP contribution is 2.14. The monoisotopic (exact) mass is 329 g/mol. The number of aryl methyl sites for hydroxylation is 1. The first-order valence-electron chi connectivity index (χ1n) is 6.32. The molecule has 1 fully saturated rings. The third-order valence-corrected chi connectivity index (χ3v) is 4.08. The van der Waals surface area contributed by atoms with Crippen LogP contribution in [0.25, 0.3) is 0 Å². The largest absolute Gasteiger partial charge is 0.314 e. The number of benzene rings is 1. The summed E-state index contributed by atoms with van der Waals surface area (Å²) in [6, 6.07) is 9.69. The maximum absolute atomic E-state index is 3.66. The van der Waals surface area contributed by atoms with Crippen molar-refractivity contribution in [2.24, 2.45) is 0 Å². The smallest absolute Gasteiger partial charge is 0.0130 e. The fourth-order valence-electron chi connectivity index (χ4n) is 2.34. The number of nitrogens with one attached hydrogen (secondary N) is 1. The lowest BCUT2D eigenvalue weighted by Crippen LogP contribution is -2.28. The van der Waals surface area contributed by atoms with Gasteiger partial charge in [-0.3, -0.25) is 0 Å². The van der Waals surface area contributed by atoms with Gasteiger partial charge in [-0.25, -0.2) is 0 Å². The molecule has 1 aliphatic heterocycles. The van der Waals surface area contributed by atoms with Crippen molar-refractivity contribution in [1.82, 2.24) is 5.32 Å². The van der Waals surface area contributed by atoms with Crippen molar-refractivity contribution in [3.63, 3.8) is 0 Å². The van der Waals surface area contributed by atoms with Crippen molar-refractivity contribution in [3.8, 4) is 0 Å².